The van der Waals surface area contributed by atoms with Gasteiger partial charge in [0.05, 0.1) is 16.9 Å². The lowest BCUT2D eigenvalue weighted by molar-refractivity contribution is -0.0254. The fourth-order valence-corrected chi connectivity index (χ4v) is 4.90. The van der Waals surface area contributed by atoms with Gasteiger partial charge in [0.15, 0.2) is 0 Å². The molecule has 1 aromatic heterocycles. The molecule has 0 atom stereocenters. The van der Waals surface area contributed by atoms with Crippen LogP contribution in [-0.4, -0.2) is 45.7 Å². The average Bonchev–Trinajstić information content (AvgIpc) is 3.02. The molecule has 0 bridgehead atoms. The van der Waals surface area contributed by atoms with E-state index in [0.717, 1.165) is 54.0 Å². The molecule has 0 saturated carbocycles. The van der Waals surface area contributed by atoms with Crippen molar-refractivity contribution in [1.29, 1.82) is 0 Å². The van der Waals surface area contributed by atoms with E-state index in [2.05, 4.69) is 16.0 Å². The molecule has 6 nitrogen and oxygen atoms in total. The highest BCUT2D eigenvalue weighted by atomic mass is 19.1. The number of likely N-dealkylation sites (tertiary alicyclic amines) is 1. The van der Waals surface area contributed by atoms with Gasteiger partial charge in [-0.25, -0.2) is 9.18 Å². The number of fused-ring (bicyclic) bond motifs is 2. The number of ether oxygens (including phenoxy) is 1. The minimum Gasteiger partial charge on any atom is -0.487 e. The lowest BCUT2D eigenvalue weighted by Gasteiger charge is -2.38. The molecule has 1 saturated heterocycles. The largest absolute Gasteiger partial charge is 0.487 e. The van der Waals surface area contributed by atoms with Crippen molar-refractivity contribution in [2.24, 2.45) is 0 Å². The van der Waals surface area contributed by atoms with Crippen molar-refractivity contribution in [2.75, 3.05) is 19.6 Å². The number of piperidine rings is 1. The second-order valence-electron chi connectivity index (χ2n) is 9.09. The third-order valence-corrected chi connectivity index (χ3v) is 6.92. The molecule has 0 aliphatic carbocycles. The fraction of sp³-hybridized carbons (Fsp3) is 0.286. The molecular formula is C28H27FN2O4. The molecule has 3 aromatic rings. The first-order valence-corrected chi connectivity index (χ1v) is 11.8. The summed E-state index contributed by atoms with van der Waals surface area (Å²) in [5.74, 6) is -0.646. The standard InChI is InChI=1S/C28H27FN2O4/c29-21-8-6-20(7-9-21)28(34)11-15-31(16-12-28)14-2-4-22-23-3-1-13-30-25(23)18-35-26-10-5-19(27(32)33)17-24(22)26/h1,3-10,13,17,34H,2,11-12,14-16,18H2,(H,32,33). The van der Waals surface area contributed by atoms with Gasteiger partial charge in [0, 0.05) is 37.0 Å². The first-order chi connectivity index (χ1) is 16.9. The van der Waals surface area contributed by atoms with Gasteiger partial charge in [-0.05, 0) is 66.8 Å². The Morgan fingerprint density at radius 2 is 1.89 bits per heavy atom. The summed E-state index contributed by atoms with van der Waals surface area (Å²) in [5.41, 5.74) is 3.46. The molecule has 3 heterocycles. The van der Waals surface area contributed by atoms with Gasteiger partial charge < -0.3 is 19.8 Å². The van der Waals surface area contributed by atoms with Crippen LogP contribution in [0.15, 0.2) is 66.9 Å². The van der Waals surface area contributed by atoms with E-state index in [0.29, 0.717) is 25.2 Å². The summed E-state index contributed by atoms with van der Waals surface area (Å²) in [6.07, 6.45) is 5.77. The molecule has 0 unspecified atom stereocenters. The van der Waals surface area contributed by atoms with Gasteiger partial charge in [-0.1, -0.05) is 24.3 Å². The molecule has 2 aliphatic heterocycles. The minimum absolute atomic E-state index is 0.210. The number of carboxylic acids is 1. The number of nitrogens with zero attached hydrogens (tertiary/aromatic N) is 2. The molecule has 180 valence electrons. The van der Waals surface area contributed by atoms with Gasteiger partial charge in [0.25, 0.3) is 0 Å². The van der Waals surface area contributed by atoms with Crippen molar-refractivity contribution in [3.63, 3.8) is 0 Å². The number of hydrogen-bond acceptors (Lipinski definition) is 5. The van der Waals surface area contributed by atoms with Gasteiger partial charge in [-0.15, -0.1) is 0 Å². The summed E-state index contributed by atoms with van der Waals surface area (Å²) in [6.45, 7) is 2.59. The Kier molecular flexibility index (Phi) is 6.36. The Balaban J connectivity index is 1.33. The van der Waals surface area contributed by atoms with Crippen LogP contribution in [0, 0.1) is 5.82 Å². The number of aromatic carboxylic acids is 1. The van der Waals surface area contributed by atoms with E-state index in [4.69, 9.17) is 4.74 Å². The van der Waals surface area contributed by atoms with Crippen LogP contribution >= 0.6 is 0 Å². The number of rotatable bonds is 5. The number of carbonyl (C=O) groups is 1. The fourth-order valence-electron chi connectivity index (χ4n) is 4.90. The Morgan fingerprint density at radius 3 is 2.63 bits per heavy atom. The Morgan fingerprint density at radius 1 is 1.11 bits per heavy atom. The molecule has 2 N–H and O–H groups in total. The number of pyridine rings is 1. The van der Waals surface area contributed by atoms with Gasteiger partial charge in [-0.2, -0.15) is 0 Å². The van der Waals surface area contributed by atoms with Crippen LogP contribution in [0.1, 0.15) is 52.0 Å². The lowest BCUT2D eigenvalue weighted by Crippen LogP contribution is -2.42. The van der Waals surface area contributed by atoms with E-state index < -0.39 is 11.6 Å². The van der Waals surface area contributed by atoms with E-state index in [9.17, 15) is 19.4 Å². The van der Waals surface area contributed by atoms with Crippen molar-refractivity contribution in [3.05, 3.63) is 101 Å². The summed E-state index contributed by atoms with van der Waals surface area (Å²) >= 11 is 0. The molecule has 5 rings (SSSR count). The third kappa shape index (κ3) is 4.83. The highest BCUT2D eigenvalue weighted by molar-refractivity contribution is 5.92. The quantitative estimate of drug-likeness (QED) is 0.562. The number of aromatic nitrogens is 1. The number of carboxylic acid groups (broad SMARTS) is 1. The van der Waals surface area contributed by atoms with Gasteiger partial charge >= 0.3 is 5.97 Å². The zero-order chi connectivity index (χ0) is 24.4. The second kappa shape index (κ2) is 9.60. The predicted octanol–water partition coefficient (Wildman–Crippen LogP) is 4.62. The molecule has 2 aromatic carbocycles. The smallest absolute Gasteiger partial charge is 0.335 e. The molecular weight excluding hydrogens is 447 g/mol. The van der Waals surface area contributed by atoms with Gasteiger partial charge in [-0.3, -0.25) is 4.98 Å². The van der Waals surface area contributed by atoms with E-state index in [1.54, 1.807) is 36.5 Å². The molecule has 2 aliphatic rings. The maximum absolute atomic E-state index is 13.3. The van der Waals surface area contributed by atoms with Crippen LogP contribution in [0.3, 0.4) is 0 Å². The lowest BCUT2D eigenvalue weighted by atomic mass is 9.84. The number of benzene rings is 2. The maximum Gasteiger partial charge on any atom is 0.335 e. The molecule has 0 radical (unpaired) electrons. The van der Waals surface area contributed by atoms with Crippen LogP contribution in [0.2, 0.25) is 0 Å². The van der Waals surface area contributed by atoms with Crippen LogP contribution in [0.5, 0.6) is 5.75 Å². The summed E-state index contributed by atoms with van der Waals surface area (Å²) < 4.78 is 19.2. The summed E-state index contributed by atoms with van der Waals surface area (Å²) in [6, 6.07) is 14.9. The first kappa shape index (κ1) is 23.2. The number of aliphatic hydroxyl groups is 1. The molecule has 35 heavy (non-hydrogen) atoms. The van der Waals surface area contributed by atoms with Crippen molar-refractivity contribution in [1.82, 2.24) is 9.88 Å². The first-order valence-electron chi connectivity index (χ1n) is 11.8. The van der Waals surface area contributed by atoms with Crippen LogP contribution in [0.25, 0.3) is 5.57 Å². The zero-order valence-electron chi connectivity index (χ0n) is 19.3. The zero-order valence-corrected chi connectivity index (χ0v) is 19.3. The Hall–Kier alpha value is -3.55. The molecule has 0 amide bonds. The number of hydrogen-bond donors (Lipinski definition) is 2. The van der Waals surface area contributed by atoms with Crippen molar-refractivity contribution in [2.45, 2.75) is 31.5 Å². The molecule has 7 heteroatoms. The summed E-state index contributed by atoms with van der Waals surface area (Å²) in [4.78, 5) is 18.4. The highest BCUT2D eigenvalue weighted by Gasteiger charge is 2.33. The third-order valence-electron chi connectivity index (χ3n) is 6.92. The van der Waals surface area contributed by atoms with Crippen molar-refractivity contribution >= 4 is 11.5 Å². The second-order valence-corrected chi connectivity index (χ2v) is 9.09. The normalized spacial score (nSPS) is 18.3. The monoisotopic (exact) mass is 474 g/mol. The average molecular weight is 475 g/mol. The Labute approximate surface area is 203 Å². The summed E-state index contributed by atoms with van der Waals surface area (Å²) in [7, 11) is 0. The molecule has 1 fully saturated rings. The minimum atomic E-state index is -0.982. The SMILES string of the molecule is O=C(O)c1ccc2c(c1)C(=CCCN1CCC(O)(c3ccc(F)cc3)CC1)c1cccnc1CO2. The number of halogens is 1. The van der Waals surface area contributed by atoms with Crippen molar-refractivity contribution in [3.8, 4) is 5.75 Å². The molecule has 0 spiro atoms. The van der Waals surface area contributed by atoms with Gasteiger partial charge in [0.1, 0.15) is 18.2 Å². The van der Waals surface area contributed by atoms with Crippen LogP contribution in [-0.2, 0) is 12.2 Å². The topological polar surface area (TPSA) is 82.9 Å². The highest BCUT2D eigenvalue weighted by Crippen LogP contribution is 2.37. The van der Waals surface area contributed by atoms with E-state index >= 15 is 0 Å². The van der Waals surface area contributed by atoms with Gasteiger partial charge in [0.2, 0.25) is 0 Å². The maximum atomic E-state index is 13.3. The van der Waals surface area contributed by atoms with E-state index in [1.807, 2.05) is 12.1 Å². The van der Waals surface area contributed by atoms with Crippen LogP contribution in [0.4, 0.5) is 4.39 Å². The van der Waals surface area contributed by atoms with Crippen molar-refractivity contribution < 1.29 is 24.1 Å². The van der Waals surface area contributed by atoms with E-state index in [-0.39, 0.29) is 11.4 Å². The van der Waals surface area contributed by atoms with Crippen LogP contribution < -0.4 is 4.74 Å². The Bertz CT molecular complexity index is 1260. The predicted molar refractivity (Wildman–Crippen MR) is 130 cm³/mol. The summed E-state index contributed by atoms with van der Waals surface area (Å²) in [5, 5.41) is 20.6. The van der Waals surface area contributed by atoms with E-state index in [1.165, 1.54) is 12.1 Å².